The fourth-order valence-electron chi connectivity index (χ4n) is 2.72. The summed E-state index contributed by atoms with van der Waals surface area (Å²) in [6.07, 6.45) is 1.44. The van der Waals surface area contributed by atoms with Gasteiger partial charge in [-0.1, -0.05) is 0 Å². The molecule has 1 aliphatic heterocycles. The number of nitrogens with zero attached hydrogens (tertiary/aromatic N) is 1. The molecule has 5 heteroatoms. The second-order valence-corrected chi connectivity index (χ2v) is 4.83. The number of piperidine rings is 1. The van der Waals surface area contributed by atoms with Crippen LogP contribution >= 0.6 is 0 Å². The summed E-state index contributed by atoms with van der Waals surface area (Å²) in [4.78, 5) is 13.2. The molecule has 0 atom stereocenters. The number of carbonyl (C=O) groups is 1. The Kier molecular flexibility index (Phi) is 3.15. The Labute approximate surface area is 94.2 Å². The van der Waals surface area contributed by atoms with Crippen molar-refractivity contribution in [2.75, 3.05) is 13.1 Å². The van der Waals surface area contributed by atoms with Gasteiger partial charge in [0.1, 0.15) is 0 Å². The van der Waals surface area contributed by atoms with Crippen LogP contribution in [-0.4, -0.2) is 41.9 Å². The zero-order chi connectivity index (χ0) is 11.8. The Balaban J connectivity index is 1.97. The first-order valence-electron chi connectivity index (χ1n) is 5.87. The Morgan fingerprint density at radius 3 is 2.25 bits per heavy atom. The molecule has 1 amide bonds. The topological polar surface area (TPSA) is 32.3 Å². The Morgan fingerprint density at radius 2 is 1.81 bits per heavy atom. The van der Waals surface area contributed by atoms with Gasteiger partial charge in [0.2, 0.25) is 5.91 Å². The highest BCUT2D eigenvalue weighted by Crippen LogP contribution is 2.41. The molecule has 2 rings (SSSR count). The number of rotatable bonds is 2. The van der Waals surface area contributed by atoms with E-state index >= 15 is 0 Å². The molecular weight excluding hydrogens is 214 g/mol. The van der Waals surface area contributed by atoms with Crippen LogP contribution in [0.25, 0.3) is 0 Å². The highest BCUT2D eigenvalue weighted by Gasteiger charge is 2.49. The first kappa shape index (κ1) is 11.8. The summed E-state index contributed by atoms with van der Waals surface area (Å²) in [5.41, 5.74) is 0. The van der Waals surface area contributed by atoms with E-state index < -0.39 is 5.92 Å². The molecule has 2 fully saturated rings. The summed E-state index contributed by atoms with van der Waals surface area (Å²) < 4.78 is 25.7. The predicted octanol–water partition coefficient (Wildman–Crippen LogP) is 1.38. The van der Waals surface area contributed by atoms with Gasteiger partial charge in [-0.05, 0) is 25.9 Å². The molecule has 0 bridgehead atoms. The number of hydrogen-bond donors (Lipinski definition) is 1. The van der Waals surface area contributed by atoms with Crippen LogP contribution in [0, 0.1) is 0 Å². The van der Waals surface area contributed by atoms with E-state index in [1.165, 1.54) is 6.92 Å². The molecule has 1 saturated heterocycles. The quantitative estimate of drug-likeness (QED) is 0.780. The van der Waals surface area contributed by atoms with Crippen LogP contribution in [0.1, 0.15) is 32.6 Å². The standard InChI is InChI=1S/C11H18F2N2O/c1-8(16)15(9-2-4-14-5-3-9)10-6-11(12,13)7-10/h9-10,14H,2-7H2,1H3. The average molecular weight is 232 g/mol. The third-order valence-corrected chi connectivity index (χ3v) is 3.53. The fraction of sp³-hybridized carbons (Fsp3) is 0.909. The van der Waals surface area contributed by atoms with Crippen molar-refractivity contribution in [2.45, 2.75) is 50.6 Å². The van der Waals surface area contributed by atoms with Crippen LogP contribution in [0.5, 0.6) is 0 Å². The van der Waals surface area contributed by atoms with Crippen LogP contribution in [0.2, 0.25) is 0 Å². The fourth-order valence-corrected chi connectivity index (χ4v) is 2.72. The Hall–Kier alpha value is -0.710. The van der Waals surface area contributed by atoms with Gasteiger partial charge in [-0.3, -0.25) is 4.79 Å². The molecule has 16 heavy (non-hydrogen) atoms. The SMILES string of the molecule is CC(=O)N(C1CCNCC1)C1CC(F)(F)C1. The predicted molar refractivity (Wildman–Crippen MR) is 56.4 cm³/mol. The van der Waals surface area contributed by atoms with Crippen molar-refractivity contribution in [3.8, 4) is 0 Å². The maximum absolute atomic E-state index is 12.8. The molecule has 2 aliphatic rings. The van der Waals surface area contributed by atoms with Gasteiger partial charge in [-0.2, -0.15) is 0 Å². The van der Waals surface area contributed by atoms with Crippen molar-refractivity contribution in [3.05, 3.63) is 0 Å². The van der Waals surface area contributed by atoms with E-state index in [-0.39, 0.29) is 30.8 Å². The number of carbonyl (C=O) groups excluding carboxylic acids is 1. The third-order valence-electron chi connectivity index (χ3n) is 3.53. The van der Waals surface area contributed by atoms with Gasteiger partial charge in [-0.25, -0.2) is 8.78 Å². The molecule has 0 aromatic carbocycles. The summed E-state index contributed by atoms with van der Waals surface area (Å²) in [5.74, 6) is -2.61. The highest BCUT2D eigenvalue weighted by molar-refractivity contribution is 5.74. The molecule has 3 nitrogen and oxygen atoms in total. The second-order valence-electron chi connectivity index (χ2n) is 4.83. The lowest BCUT2D eigenvalue weighted by molar-refractivity contribution is -0.157. The normalized spacial score (nSPS) is 26.2. The first-order valence-corrected chi connectivity index (χ1v) is 5.87. The van der Waals surface area contributed by atoms with Gasteiger partial charge in [0.25, 0.3) is 5.92 Å². The molecular formula is C11H18F2N2O. The highest BCUT2D eigenvalue weighted by atomic mass is 19.3. The van der Waals surface area contributed by atoms with Gasteiger partial charge >= 0.3 is 0 Å². The van der Waals surface area contributed by atoms with E-state index in [9.17, 15) is 13.6 Å². The lowest BCUT2D eigenvalue weighted by atomic mass is 9.85. The van der Waals surface area contributed by atoms with Crippen molar-refractivity contribution in [2.24, 2.45) is 0 Å². The van der Waals surface area contributed by atoms with Gasteiger partial charge in [0, 0.05) is 31.8 Å². The van der Waals surface area contributed by atoms with Crippen LogP contribution in [0.4, 0.5) is 8.78 Å². The minimum absolute atomic E-state index is 0.0626. The van der Waals surface area contributed by atoms with Crippen LogP contribution < -0.4 is 5.32 Å². The van der Waals surface area contributed by atoms with Gasteiger partial charge < -0.3 is 10.2 Å². The van der Waals surface area contributed by atoms with Crippen molar-refractivity contribution in [3.63, 3.8) is 0 Å². The Bertz CT molecular complexity index is 269. The first-order chi connectivity index (χ1) is 7.49. The molecule has 0 aromatic rings. The van der Waals surface area contributed by atoms with Crippen molar-refractivity contribution in [1.82, 2.24) is 10.2 Å². The maximum atomic E-state index is 12.8. The van der Waals surface area contributed by atoms with E-state index in [4.69, 9.17) is 0 Å². The van der Waals surface area contributed by atoms with Crippen LogP contribution in [0.3, 0.4) is 0 Å². The summed E-state index contributed by atoms with van der Waals surface area (Å²) in [5, 5.41) is 3.21. The molecule has 0 unspecified atom stereocenters. The zero-order valence-corrected chi connectivity index (χ0v) is 9.51. The number of hydrogen-bond acceptors (Lipinski definition) is 2. The summed E-state index contributed by atoms with van der Waals surface area (Å²) in [6.45, 7) is 3.23. The van der Waals surface area contributed by atoms with Gasteiger partial charge in [0.05, 0.1) is 0 Å². The zero-order valence-electron chi connectivity index (χ0n) is 9.51. The van der Waals surface area contributed by atoms with E-state index in [1.54, 1.807) is 4.90 Å². The number of halogens is 2. The van der Waals surface area contributed by atoms with E-state index in [1.807, 2.05) is 0 Å². The largest absolute Gasteiger partial charge is 0.336 e. The number of alkyl halides is 2. The van der Waals surface area contributed by atoms with Crippen molar-refractivity contribution in [1.29, 1.82) is 0 Å². The smallest absolute Gasteiger partial charge is 0.252 e. The monoisotopic (exact) mass is 232 g/mol. The average Bonchev–Trinajstić information content (AvgIpc) is 2.16. The minimum Gasteiger partial charge on any atom is -0.336 e. The maximum Gasteiger partial charge on any atom is 0.252 e. The summed E-state index contributed by atoms with van der Waals surface area (Å²) in [6, 6.07) is -0.0875. The van der Waals surface area contributed by atoms with Crippen molar-refractivity contribution < 1.29 is 13.6 Å². The van der Waals surface area contributed by atoms with Crippen LogP contribution in [0.15, 0.2) is 0 Å². The van der Waals surface area contributed by atoms with E-state index in [2.05, 4.69) is 5.32 Å². The molecule has 1 N–H and O–H groups in total. The lowest BCUT2D eigenvalue weighted by Crippen LogP contribution is -2.57. The second kappa shape index (κ2) is 4.28. The molecule has 92 valence electrons. The summed E-state index contributed by atoms with van der Waals surface area (Å²) in [7, 11) is 0. The molecule has 0 radical (unpaired) electrons. The van der Waals surface area contributed by atoms with Gasteiger partial charge in [-0.15, -0.1) is 0 Å². The number of amides is 1. The molecule has 1 heterocycles. The van der Waals surface area contributed by atoms with Crippen LogP contribution in [-0.2, 0) is 4.79 Å². The molecule has 1 aliphatic carbocycles. The van der Waals surface area contributed by atoms with Crippen molar-refractivity contribution >= 4 is 5.91 Å². The Morgan fingerprint density at radius 1 is 1.25 bits per heavy atom. The van der Waals surface area contributed by atoms with E-state index in [0.717, 1.165) is 25.9 Å². The minimum atomic E-state index is -2.55. The van der Waals surface area contributed by atoms with Gasteiger partial charge in [0.15, 0.2) is 0 Å². The molecule has 1 saturated carbocycles. The van der Waals surface area contributed by atoms with E-state index in [0.29, 0.717) is 0 Å². The lowest BCUT2D eigenvalue weighted by Gasteiger charge is -2.46. The summed E-state index contributed by atoms with van der Waals surface area (Å²) >= 11 is 0. The number of nitrogens with one attached hydrogen (secondary N) is 1. The molecule has 0 spiro atoms. The molecule has 0 aromatic heterocycles. The third kappa shape index (κ3) is 2.34.